The van der Waals surface area contributed by atoms with Crippen molar-refractivity contribution in [1.82, 2.24) is 15.5 Å². The van der Waals surface area contributed by atoms with Crippen molar-refractivity contribution in [2.75, 3.05) is 27.2 Å². The van der Waals surface area contributed by atoms with Gasteiger partial charge in [0.25, 0.3) is 0 Å². The third kappa shape index (κ3) is 4.08. The first kappa shape index (κ1) is 14.0. The summed E-state index contributed by atoms with van der Waals surface area (Å²) in [5, 5.41) is 6.81. The average Bonchev–Trinajstić information content (AvgIpc) is 2.96. The second-order valence-corrected chi connectivity index (χ2v) is 4.65. The molecule has 0 amide bonds. The van der Waals surface area contributed by atoms with Crippen LogP contribution >= 0.6 is 24.0 Å². The Morgan fingerprint density at radius 1 is 1.38 bits per heavy atom. The van der Waals surface area contributed by atoms with Crippen molar-refractivity contribution in [2.24, 2.45) is 4.99 Å². The maximum absolute atomic E-state index is 4.23. The Morgan fingerprint density at radius 2 is 2.12 bits per heavy atom. The largest absolute Gasteiger partial charge is 0.355 e. The number of aliphatic imine (C=N–C) groups is 1. The minimum Gasteiger partial charge on any atom is -0.355 e. The van der Waals surface area contributed by atoms with Crippen LogP contribution in [0.1, 0.15) is 25.7 Å². The topological polar surface area (TPSA) is 39.7 Å². The molecule has 2 N–H and O–H groups in total. The van der Waals surface area contributed by atoms with Crippen LogP contribution in [-0.4, -0.2) is 50.1 Å². The highest BCUT2D eigenvalue weighted by molar-refractivity contribution is 14.0. The van der Waals surface area contributed by atoms with Crippen molar-refractivity contribution in [3.63, 3.8) is 0 Å². The Labute approximate surface area is 115 Å². The van der Waals surface area contributed by atoms with E-state index in [9.17, 15) is 0 Å². The van der Waals surface area contributed by atoms with E-state index in [2.05, 4.69) is 27.6 Å². The molecule has 16 heavy (non-hydrogen) atoms. The number of likely N-dealkylation sites (N-methyl/N-ethyl adjacent to an activating group) is 1. The molecule has 4 nitrogen and oxygen atoms in total. The summed E-state index contributed by atoms with van der Waals surface area (Å²) in [6, 6.07) is 1.36. The summed E-state index contributed by atoms with van der Waals surface area (Å²) < 4.78 is 0. The van der Waals surface area contributed by atoms with Gasteiger partial charge < -0.3 is 15.5 Å². The molecule has 0 aromatic rings. The molecule has 1 heterocycles. The summed E-state index contributed by atoms with van der Waals surface area (Å²) in [5.74, 6) is 0.970. The minimum absolute atomic E-state index is 0. The summed E-state index contributed by atoms with van der Waals surface area (Å²) in [4.78, 5) is 6.66. The molecule has 2 rings (SSSR count). The van der Waals surface area contributed by atoms with Gasteiger partial charge in [0, 0.05) is 25.7 Å². The van der Waals surface area contributed by atoms with Crippen molar-refractivity contribution in [2.45, 2.75) is 37.8 Å². The number of halogens is 1. The molecule has 1 aliphatic carbocycles. The normalized spacial score (nSPS) is 26.4. The molecule has 0 bridgehead atoms. The highest BCUT2D eigenvalue weighted by Gasteiger charge is 2.24. The summed E-state index contributed by atoms with van der Waals surface area (Å²) in [6.07, 6.45) is 5.23. The molecule has 2 fully saturated rings. The number of nitrogens with one attached hydrogen (secondary N) is 2. The third-order valence-corrected chi connectivity index (χ3v) is 3.32. The SMILES string of the molecule is CN=C(NCC1CCCN1C)NC1CC1.I. The monoisotopic (exact) mass is 338 g/mol. The van der Waals surface area contributed by atoms with Gasteiger partial charge in [-0.15, -0.1) is 24.0 Å². The van der Waals surface area contributed by atoms with Crippen molar-refractivity contribution < 1.29 is 0 Å². The van der Waals surface area contributed by atoms with Crippen LogP contribution in [0.5, 0.6) is 0 Å². The predicted octanol–water partition coefficient (Wildman–Crippen LogP) is 1.03. The van der Waals surface area contributed by atoms with Crippen molar-refractivity contribution in [1.29, 1.82) is 0 Å². The molecular formula is C11H23IN4. The van der Waals surface area contributed by atoms with Gasteiger partial charge in [0.15, 0.2) is 5.96 Å². The van der Waals surface area contributed by atoms with Crippen LogP contribution in [0, 0.1) is 0 Å². The lowest BCUT2D eigenvalue weighted by Gasteiger charge is -2.21. The van der Waals surface area contributed by atoms with Gasteiger partial charge in [0.05, 0.1) is 0 Å². The van der Waals surface area contributed by atoms with Crippen molar-refractivity contribution >= 4 is 29.9 Å². The maximum atomic E-state index is 4.23. The molecule has 0 radical (unpaired) electrons. The second-order valence-electron chi connectivity index (χ2n) is 4.65. The Hall–Kier alpha value is -0.0400. The predicted molar refractivity (Wildman–Crippen MR) is 78.6 cm³/mol. The van der Waals surface area contributed by atoms with Crippen LogP contribution in [-0.2, 0) is 0 Å². The van der Waals surface area contributed by atoms with Crippen LogP contribution in [0.3, 0.4) is 0 Å². The maximum Gasteiger partial charge on any atom is 0.191 e. The number of likely N-dealkylation sites (tertiary alicyclic amines) is 1. The average molecular weight is 338 g/mol. The fourth-order valence-electron chi connectivity index (χ4n) is 2.07. The van der Waals surface area contributed by atoms with E-state index in [1.165, 1.54) is 32.2 Å². The number of hydrogen-bond donors (Lipinski definition) is 2. The molecule has 94 valence electrons. The van der Waals surface area contributed by atoms with Crippen LogP contribution < -0.4 is 10.6 Å². The van der Waals surface area contributed by atoms with Crippen molar-refractivity contribution in [3.8, 4) is 0 Å². The van der Waals surface area contributed by atoms with Gasteiger partial charge in [-0.3, -0.25) is 4.99 Å². The quantitative estimate of drug-likeness (QED) is 0.459. The van der Waals surface area contributed by atoms with E-state index < -0.39 is 0 Å². The standard InChI is InChI=1S/C11H22N4.HI/c1-12-11(14-9-5-6-9)13-8-10-4-3-7-15(10)2;/h9-10H,3-8H2,1-2H3,(H2,12,13,14);1H. The van der Waals surface area contributed by atoms with Gasteiger partial charge >= 0.3 is 0 Å². The zero-order valence-corrected chi connectivity index (χ0v) is 12.5. The smallest absolute Gasteiger partial charge is 0.191 e. The third-order valence-electron chi connectivity index (χ3n) is 3.32. The van der Waals surface area contributed by atoms with Crippen molar-refractivity contribution in [3.05, 3.63) is 0 Å². The van der Waals surface area contributed by atoms with Crippen LogP contribution in [0.15, 0.2) is 4.99 Å². The molecule has 1 unspecified atom stereocenters. The second kappa shape index (κ2) is 6.64. The van der Waals surface area contributed by atoms with E-state index in [1.54, 1.807) is 0 Å². The summed E-state index contributed by atoms with van der Waals surface area (Å²) in [5.41, 5.74) is 0. The summed E-state index contributed by atoms with van der Waals surface area (Å²) in [6.45, 7) is 2.25. The number of rotatable bonds is 3. The highest BCUT2D eigenvalue weighted by atomic mass is 127. The molecule has 0 aromatic carbocycles. The molecule has 5 heteroatoms. The van der Waals surface area contributed by atoms with E-state index in [0.717, 1.165) is 12.5 Å². The van der Waals surface area contributed by atoms with Crippen LogP contribution in [0.2, 0.25) is 0 Å². The zero-order valence-electron chi connectivity index (χ0n) is 10.2. The van der Waals surface area contributed by atoms with Gasteiger partial charge in [0.2, 0.25) is 0 Å². The molecule has 1 saturated heterocycles. The molecule has 1 saturated carbocycles. The van der Waals surface area contributed by atoms with E-state index >= 15 is 0 Å². The number of guanidine groups is 1. The first-order valence-corrected chi connectivity index (χ1v) is 5.97. The molecule has 0 spiro atoms. The molecule has 1 aliphatic heterocycles. The summed E-state index contributed by atoms with van der Waals surface area (Å²) in [7, 11) is 4.05. The number of hydrogen-bond acceptors (Lipinski definition) is 2. The highest BCUT2D eigenvalue weighted by Crippen LogP contribution is 2.18. The minimum atomic E-state index is 0. The molecule has 0 aromatic heterocycles. The molecule has 1 atom stereocenters. The Kier molecular flexibility index (Phi) is 5.82. The van der Waals surface area contributed by atoms with Gasteiger partial charge in [-0.05, 0) is 39.3 Å². The first-order valence-electron chi connectivity index (χ1n) is 5.97. The van der Waals surface area contributed by atoms with E-state index in [1.807, 2.05) is 7.05 Å². The van der Waals surface area contributed by atoms with Crippen LogP contribution in [0.4, 0.5) is 0 Å². The number of nitrogens with zero attached hydrogens (tertiary/aromatic N) is 2. The van der Waals surface area contributed by atoms with Gasteiger partial charge in [-0.25, -0.2) is 0 Å². The Bertz CT molecular complexity index is 240. The van der Waals surface area contributed by atoms with Crippen LogP contribution in [0.25, 0.3) is 0 Å². The van der Waals surface area contributed by atoms with Gasteiger partial charge in [-0.1, -0.05) is 0 Å². The lowest BCUT2D eigenvalue weighted by atomic mass is 10.2. The lowest BCUT2D eigenvalue weighted by Crippen LogP contribution is -2.44. The Balaban J connectivity index is 0.00000128. The van der Waals surface area contributed by atoms with E-state index in [0.29, 0.717) is 12.1 Å². The lowest BCUT2D eigenvalue weighted by molar-refractivity contribution is 0.309. The van der Waals surface area contributed by atoms with E-state index in [-0.39, 0.29) is 24.0 Å². The van der Waals surface area contributed by atoms with E-state index in [4.69, 9.17) is 0 Å². The molecular weight excluding hydrogens is 315 g/mol. The Morgan fingerprint density at radius 3 is 2.62 bits per heavy atom. The molecule has 2 aliphatic rings. The first-order chi connectivity index (χ1) is 7.29. The van der Waals surface area contributed by atoms with Gasteiger partial charge in [-0.2, -0.15) is 0 Å². The fourth-order valence-corrected chi connectivity index (χ4v) is 2.07. The zero-order chi connectivity index (χ0) is 10.7. The fraction of sp³-hybridized carbons (Fsp3) is 0.909. The summed E-state index contributed by atoms with van der Waals surface area (Å²) >= 11 is 0. The van der Waals surface area contributed by atoms with Gasteiger partial charge in [0.1, 0.15) is 0 Å².